The molecule has 0 amide bonds. The molecule has 3 aromatic heterocycles. The van der Waals surface area contributed by atoms with Crippen LogP contribution < -0.4 is 5.56 Å². The Balaban J connectivity index is 1.91. The maximum atomic E-state index is 12.9. The van der Waals surface area contributed by atoms with Crippen molar-refractivity contribution in [2.75, 3.05) is 0 Å². The minimum atomic E-state index is 0.0494. The Hall–Kier alpha value is -2.17. The Morgan fingerprint density at radius 3 is 2.95 bits per heavy atom. The number of rotatable bonds is 1. The first-order chi connectivity index (χ1) is 10.7. The molecule has 22 heavy (non-hydrogen) atoms. The zero-order valence-electron chi connectivity index (χ0n) is 12.9. The lowest BCUT2D eigenvalue weighted by Gasteiger charge is -2.35. The number of aromatic nitrogens is 4. The van der Waals surface area contributed by atoms with E-state index in [1.54, 1.807) is 16.9 Å². The van der Waals surface area contributed by atoms with Gasteiger partial charge in [-0.2, -0.15) is 5.10 Å². The molecule has 1 saturated carbocycles. The topological polar surface area (TPSA) is 52.2 Å². The fourth-order valence-corrected chi connectivity index (χ4v) is 3.78. The van der Waals surface area contributed by atoms with Gasteiger partial charge >= 0.3 is 0 Å². The highest BCUT2D eigenvalue weighted by molar-refractivity contribution is 5.79. The number of hydrogen-bond donors (Lipinski definition) is 0. The molecule has 1 aliphatic rings. The summed E-state index contributed by atoms with van der Waals surface area (Å²) in [5.74, 6) is 1.18. The molecule has 5 nitrogen and oxygen atoms in total. The maximum Gasteiger partial charge on any atom is 0.261 e. The van der Waals surface area contributed by atoms with E-state index in [-0.39, 0.29) is 11.6 Å². The van der Waals surface area contributed by atoms with Gasteiger partial charge in [-0.1, -0.05) is 26.7 Å². The molecule has 1 aliphatic carbocycles. The van der Waals surface area contributed by atoms with E-state index >= 15 is 0 Å². The Labute approximate surface area is 128 Å². The Morgan fingerprint density at radius 2 is 2.09 bits per heavy atom. The van der Waals surface area contributed by atoms with E-state index in [0.717, 1.165) is 17.6 Å². The van der Waals surface area contributed by atoms with Crippen LogP contribution in [0.4, 0.5) is 0 Å². The summed E-state index contributed by atoms with van der Waals surface area (Å²) in [5.41, 5.74) is 1.64. The smallest absolute Gasteiger partial charge is 0.261 e. The molecular formula is C17H20N4O. The molecule has 4 rings (SSSR count). The van der Waals surface area contributed by atoms with Crippen molar-refractivity contribution in [1.29, 1.82) is 0 Å². The van der Waals surface area contributed by atoms with Crippen molar-refractivity contribution in [1.82, 2.24) is 19.2 Å². The van der Waals surface area contributed by atoms with Crippen LogP contribution in [-0.4, -0.2) is 19.2 Å². The minimum Gasteiger partial charge on any atom is -0.311 e. The first-order valence-electron chi connectivity index (χ1n) is 8.00. The lowest BCUT2D eigenvalue weighted by molar-refractivity contribution is 0.183. The van der Waals surface area contributed by atoms with Crippen LogP contribution in [0.25, 0.3) is 16.6 Å². The highest BCUT2D eigenvalue weighted by atomic mass is 16.1. The van der Waals surface area contributed by atoms with Gasteiger partial charge in [0, 0.05) is 24.5 Å². The van der Waals surface area contributed by atoms with Crippen LogP contribution in [0.1, 0.15) is 39.2 Å². The largest absolute Gasteiger partial charge is 0.311 e. The lowest BCUT2D eigenvalue weighted by atomic mass is 9.78. The Kier molecular flexibility index (Phi) is 3.03. The van der Waals surface area contributed by atoms with Crippen LogP contribution in [0, 0.1) is 11.8 Å². The Morgan fingerprint density at radius 1 is 1.23 bits per heavy atom. The minimum absolute atomic E-state index is 0.0494. The molecule has 0 aliphatic heterocycles. The van der Waals surface area contributed by atoms with Gasteiger partial charge in [-0.25, -0.2) is 9.50 Å². The quantitative estimate of drug-likeness (QED) is 0.693. The average molecular weight is 296 g/mol. The van der Waals surface area contributed by atoms with Gasteiger partial charge in [0.2, 0.25) is 0 Å². The van der Waals surface area contributed by atoms with Crippen LogP contribution in [0.3, 0.4) is 0 Å². The first-order valence-corrected chi connectivity index (χ1v) is 8.00. The molecule has 0 N–H and O–H groups in total. The molecule has 3 aromatic rings. The summed E-state index contributed by atoms with van der Waals surface area (Å²) in [5, 5.41) is 4.91. The van der Waals surface area contributed by atoms with Crippen LogP contribution in [0.2, 0.25) is 0 Å². The van der Waals surface area contributed by atoms with Gasteiger partial charge in [-0.05, 0) is 24.3 Å². The maximum absolute atomic E-state index is 12.9. The molecular weight excluding hydrogens is 276 g/mol. The van der Waals surface area contributed by atoms with Gasteiger partial charge < -0.3 is 4.57 Å². The molecule has 5 heteroatoms. The van der Waals surface area contributed by atoms with E-state index in [1.807, 2.05) is 22.9 Å². The summed E-state index contributed by atoms with van der Waals surface area (Å²) >= 11 is 0. The van der Waals surface area contributed by atoms with Gasteiger partial charge in [0.25, 0.3) is 5.56 Å². The molecule has 0 bridgehead atoms. The van der Waals surface area contributed by atoms with Gasteiger partial charge in [0.05, 0.1) is 17.1 Å². The summed E-state index contributed by atoms with van der Waals surface area (Å²) in [6.07, 6.45) is 8.85. The average Bonchev–Trinajstić information content (AvgIpc) is 3.00. The summed E-state index contributed by atoms with van der Waals surface area (Å²) in [6, 6.07) is 4.12. The fourth-order valence-electron chi connectivity index (χ4n) is 3.78. The second kappa shape index (κ2) is 4.93. The first kappa shape index (κ1) is 13.5. The molecule has 114 valence electrons. The van der Waals surface area contributed by atoms with Gasteiger partial charge in [-0.15, -0.1) is 0 Å². The van der Waals surface area contributed by atoms with Crippen molar-refractivity contribution in [2.45, 2.75) is 39.2 Å². The summed E-state index contributed by atoms with van der Waals surface area (Å²) in [7, 11) is 0. The third-order valence-corrected chi connectivity index (χ3v) is 5.33. The van der Waals surface area contributed by atoms with Crippen molar-refractivity contribution < 1.29 is 0 Å². The molecule has 0 unspecified atom stereocenters. The standard InChI is InChI=1S/C17H20N4O/c1-11-4-3-5-14(12(11)2)20-9-7-15-13(17(20)22)10-18-16-6-8-19-21(15)16/h6-12,14H,3-5H2,1-2H3/t11-,12+,14+/m1/s1. The number of nitrogens with zero attached hydrogens (tertiary/aromatic N) is 4. The van der Waals surface area contributed by atoms with E-state index in [9.17, 15) is 4.79 Å². The Bertz CT molecular complexity index is 894. The molecule has 0 saturated heterocycles. The van der Waals surface area contributed by atoms with Crippen molar-refractivity contribution in [3.8, 4) is 0 Å². The highest BCUT2D eigenvalue weighted by Gasteiger charge is 2.29. The van der Waals surface area contributed by atoms with Crippen LogP contribution in [0.15, 0.2) is 35.5 Å². The third kappa shape index (κ3) is 1.88. The van der Waals surface area contributed by atoms with E-state index in [4.69, 9.17) is 0 Å². The second-order valence-electron chi connectivity index (χ2n) is 6.52. The van der Waals surface area contributed by atoms with Crippen molar-refractivity contribution >= 4 is 16.6 Å². The van der Waals surface area contributed by atoms with E-state index < -0.39 is 0 Å². The van der Waals surface area contributed by atoms with Crippen LogP contribution >= 0.6 is 0 Å². The van der Waals surface area contributed by atoms with Crippen molar-refractivity contribution in [3.05, 3.63) is 41.1 Å². The van der Waals surface area contributed by atoms with Crippen LogP contribution in [0.5, 0.6) is 0 Å². The molecule has 0 spiro atoms. The van der Waals surface area contributed by atoms with Crippen molar-refractivity contribution in [2.24, 2.45) is 11.8 Å². The molecule has 3 heterocycles. The summed E-state index contributed by atoms with van der Waals surface area (Å²) in [6.45, 7) is 4.55. The molecule has 3 atom stereocenters. The monoisotopic (exact) mass is 296 g/mol. The van der Waals surface area contributed by atoms with Crippen LogP contribution in [-0.2, 0) is 0 Å². The summed E-state index contributed by atoms with van der Waals surface area (Å²) in [4.78, 5) is 17.3. The molecule has 1 fully saturated rings. The van der Waals surface area contributed by atoms with E-state index in [1.165, 1.54) is 12.8 Å². The second-order valence-corrected chi connectivity index (χ2v) is 6.52. The number of pyridine rings is 1. The van der Waals surface area contributed by atoms with Gasteiger partial charge in [-0.3, -0.25) is 4.79 Å². The van der Waals surface area contributed by atoms with Gasteiger partial charge in [0.1, 0.15) is 0 Å². The van der Waals surface area contributed by atoms with E-state index in [2.05, 4.69) is 23.9 Å². The number of hydrogen-bond acceptors (Lipinski definition) is 3. The predicted molar refractivity (Wildman–Crippen MR) is 86.0 cm³/mol. The fraction of sp³-hybridized carbons (Fsp3) is 0.471. The summed E-state index contributed by atoms with van der Waals surface area (Å²) < 4.78 is 3.65. The molecule has 0 radical (unpaired) electrons. The zero-order valence-corrected chi connectivity index (χ0v) is 12.9. The SMILES string of the molecule is C[C@H]1[C@H](C)CCC[C@@H]1n1ccc2c(cnc3ccnn32)c1=O. The number of fused-ring (bicyclic) bond motifs is 3. The molecule has 0 aromatic carbocycles. The highest BCUT2D eigenvalue weighted by Crippen LogP contribution is 2.36. The predicted octanol–water partition coefficient (Wildman–Crippen LogP) is 3.04. The zero-order chi connectivity index (χ0) is 15.3. The lowest BCUT2D eigenvalue weighted by Crippen LogP contribution is -2.33. The third-order valence-electron chi connectivity index (χ3n) is 5.33. The van der Waals surface area contributed by atoms with E-state index in [0.29, 0.717) is 17.2 Å². The van der Waals surface area contributed by atoms with Gasteiger partial charge in [0.15, 0.2) is 5.65 Å². The normalized spacial score (nSPS) is 25.8. The van der Waals surface area contributed by atoms with Crippen molar-refractivity contribution in [3.63, 3.8) is 0 Å².